The topological polar surface area (TPSA) is 47.6 Å². The molecule has 0 aromatic rings. The molecule has 0 saturated carbocycles. The second-order valence-corrected chi connectivity index (χ2v) is 3.66. The molecule has 0 amide bonds. The van der Waals surface area contributed by atoms with Crippen molar-refractivity contribution < 1.29 is 27.4 Å². The van der Waals surface area contributed by atoms with Crippen molar-refractivity contribution in [2.24, 2.45) is 0 Å². The van der Waals surface area contributed by atoms with E-state index in [1.807, 2.05) is 6.92 Å². The molecule has 4 nitrogen and oxygen atoms in total. The van der Waals surface area contributed by atoms with Crippen LogP contribution in [0, 0.1) is 0 Å². The smallest absolute Gasteiger partial charge is 0.389 e. The Morgan fingerprint density at radius 2 is 2.00 bits per heavy atom. The lowest BCUT2D eigenvalue weighted by Gasteiger charge is -2.16. The first-order valence-corrected chi connectivity index (χ1v) is 5.95. The van der Waals surface area contributed by atoms with E-state index in [2.05, 4.69) is 5.32 Å². The van der Waals surface area contributed by atoms with Crippen LogP contribution in [0.1, 0.15) is 26.7 Å². The van der Waals surface area contributed by atoms with E-state index in [9.17, 15) is 18.0 Å². The molecule has 0 rings (SSSR count). The van der Waals surface area contributed by atoms with Gasteiger partial charge in [-0.15, -0.1) is 0 Å². The van der Waals surface area contributed by atoms with Crippen LogP contribution >= 0.6 is 0 Å². The van der Waals surface area contributed by atoms with E-state index in [4.69, 9.17) is 9.47 Å². The van der Waals surface area contributed by atoms with Crippen LogP contribution in [0.3, 0.4) is 0 Å². The minimum Gasteiger partial charge on any atom is -0.465 e. The summed E-state index contributed by atoms with van der Waals surface area (Å²) in [5.74, 6) is -0.449. The number of hydrogen-bond acceptors (Lipinski definition) is 4. The molecule has 0 bridgehead atoms. The van der Waals surface area contributed by atoms with Crippen molar-refractivity contribution >= 4 is 5.97 Å². The molecule has 0 saturated heterocycles. The van der Waals surface area contributed by atoms with E-state index in [1.165, 1.54) is 0 Å². The average Bonchev–Trinajstić information content (AvgIpc) is 2.26. The van der Waals surface area contributed by atoms with Crippen LogP contribution in [0.5, 0.6) is 0 Å². The van der Waals surface area contributed by atoms with E-state index in [-0.39, 0.29) is 26.2 Å². The first-order chi connectivity index (χ1) is 8.40. The minimum absolute atomic E-state index is 0.0184. The molecule has 1 unspecified atom stereocenters. The summed E-state index contributed by atoms with van der Waals surface area (Å²) in [6.45, 7) is 4.30. The number of esters is 1. The van der Waals surface area contributed by atoms with Crippen LogP contribution in [0.2, 0.25) is 0 Å². The molecule has 0 aliphatic heterocycles. The SMILES string of the molecule is CCNC(COCCCC(F)(F)F)C(=O)OCC. The molecule has 0 heterocycles. The van der Waals surface area contributed by atoms with Gasteiger partial charge in [0.15, 0.2) is 0 Å². The molecule has 0 aliphatic carbocycles. The third-order valence-corrected chi connectivity index (χ3v) is 2.06. The standard InChI is InChI=1S/C11H20F3NO3/c1-3-15-9(10(16)18-4-2)8-17-7-5-6-11(12,13)14/h9,15H,3-8H2,1-2H3. The maximum Gasteiger partial charge on any atom is 0.389 e. The molecule has 0 aromatic carbocycles. The van der Waals surface area contributed by atoms with Crippen molar-refractivity contribution in [3.63, 3.8) is 0 Å². The number of ether oxygens (including phenoxy) is 2. The van der Waals surface area contributed by atoms with Gasteiger partial charge in [0.25, 0.3) is 0 Å². The Morgan fingerprint density at radius 1 is 1.33 bits per heavy atom. The predicted octanol–water partition coefficient (Wildman–Crippen LogP) is 1.89. The largest absolute Gasteiger partial charge is 0.465 e. The number of hydrogen-bond donors (Lipinski definition) is 1. The zero-order valence-electron chi connectivity index (χ0n) is 10.7. The van der Waals surface area contributed by atoms with Crippen LogP contribution in [-0.2, 0) is 14.3 Å². The first kappa shape index (κ1) is 17.2. The summed E-state index contributed by atoms with van der Waals surface area (Å²) in [5.41, 5.74) is 0. The molecular formula is C11H20F3NO3. The van der Waals surface area contributed by atoms with Gasteiger partial charge in [-0.2, -0.15) is 13.2 Å². The monoisotopic (exact) mass is 271 g/mol. The van der Waals surface area contributed by atoms with E-state index in [0.717, 1.165) is 0 Å². The van der Waals surface area contributed by atoms with Gasteiger partial charge >= 0.3 is 12.1 Å². The van der Waals surface area contributed by atoms with Crippen molar-refractivity contribution in [3.8, 4) is 0 Å². The van der Waals surface area contributed by atoms with Crippen LogP contribution < -0.4 is 5.32 Å². The molecular weight excluding hydrogens is 251 g/mol. The second-order valence-electron chi connectivity index (χ2n) is 3.66. The Balaban J connectivity index is 3.80. The number of halogens is 3. The first-order valence-electron chi connectivity index (χ1n) is 5.95. The molecule has 1 N–H and O–H groups in total. The summed E-state index contributed by atoms with van der Waals surface area (Å²) >= 11 is 0. The molecule has 0 radical (unpaired) electrons. The number of likely N-dealkylation sites (N-methyl/N-ethyl adjacent to an activating group) is 1. The van der Waals surface area contributed by atoms with E-state index >= 15 is 0 Å². The van der Waals surface area contributed by atoms with E-state index < -0.39 is 24.6 Å². The summed E-state index contributed by atoms with van der Waals surface area (Å²) in [7, 11) is 0. The van der Waals surface area contributed by atoms with Crippen molar-refractivity contribution in [1.82, 2.24) is 5.32 Å². The van der Waals surface area contributed by atoms with Gasteiger partial charge in [-0.25, -0.2) is 0 Å². The van der Waals surface area contributed by atoms with Crippen LogP contribution in [0.15, 0.2) is 0 Å². The highest BCUT2D eigenvalue weighted by Gasteiger charge is 2.26. The fraction of sp³-hybridized carbons (Fsp3) is 0.909. The zero-order valence-corrected chi connectivity index (χ0v) is 10.7. The molecule has 1 atom stereocenters. The quantitative estimate of drug-likeness (QED) is 0.514. The predicted molar refractivity (Wildman–Crippen MR) is 60.2 cm³/mol. The molecule has 18 heavy (non-hydrogen) atoms. The van der Waals surface area contributed by atoms with Crippen LogP contribution in [-0.4, -0.2) is 44.6 Å². The number of carbonyl (C=O) groups is 1. The summed E-state index contributed by atoms with van der Waals surface area (Å²) < 4.78 is 45.4. The van der Waals surface area contributed by atoms with Crippen LogP contribution in [0.25, 0.3) is 0 Å². The Morgan fingerprint density at radius 3 is 2.50 bits per heavy atom. The van der Waals surface area contributed by atoms with Crippen molar-refractivity contribution in [3.05, 3.63) is 0 Å². The zero-order chi connectivity index (χ0) is 14.0. The second kappa shape index (κ2) is 9.16. The highest BCUT2D eigenvalue weighted by atomic mass is 19.4. The van der Waals surface area contributed by atoms with Gasteiger partial charge in [0.05, 0.1) is 13.2 Å². The molecule has 0 aromatic heterocycles. The fourth-order valence-electron chi connectivity index (χ4n) is 1.28. The third kappa shape index (κ3) is 9.23. The van der Waals surface area contributed by atoms with Crippen LogP contribution in [0.4, 0.5) is 13.2 Å². The fourth-order valence-corrected chi connectivity index (χ4v) is 1.28. The molecule has 0 aliphatic rings. The Kier molecular flexibility index (Phi) is 8.74. The Labute approximate surface area is 105 Å². The summed E-state index contributed by atoms with van der Waals surface area (Å²) in [6, 6.07) is -0.624. The lowest BCUT2D eigenvalue weighted by atomic mass is 10.3. The number of nitrogens with one attached hydrogen (secondary N) is 1. The number of rotatable bonds is 9. The van der Waals surface area contributed by atoms with Gasteiger partial charge in [-0.1, -0.05) is 6.92 Å². The summed E-state index contributed by atoms with van der Waals surface area (Å²) in [4.78, 5) is 11.4. The van der Waals surface area contributed by atoms with E-state index in [1.54, 1.807) is 6.92 Å². The molecule has 108 valence electrons. The Hall–Kier alpha value is -0.820. The molecule has 0 fully saturated rings. The van der Waals surface area contributed by atoms with Crippen molar-refractivity contribution in [2.45, 2.75) is 38.9 Å². The highest BCUT2D eigenvalue weighted by Crippen LogP contribution is 2.20. The summed E-state index contributed by atoms with van der Waals surface area (Å²) in [6.07, 6.45) is -5.14. The maximum absolute atomic E-state index is 11.8. The van der Waals surface area contributed by atoms with E-state index in [0.29, 0.717) is 6.54 Å². The lowest BCUT2D eigenvalue weighted by Crippen LogP contribution is -2.41. The van der Waals surface area contributed by atoms with Crippen molar-refractivity contribution in [2.75, 3.05) is 26.4 Å². The highest BCUT2D eigenvalue weighted by molar-refractivity contribution is 5.75. The third-order valence-electron chi connectivity index (χ3n) is 2.06. The minimum atomic E-state index is -4.16. The molecule has 7 heteroatoms. The average molecular weight is 271 g/mol. The number of alkyl halides is 3. The van der Waals surface area contributed by atoms with Gasteiger partial charge < -0.3 is 14.8 Å². The van der Waals surface area contributed by atoms with Gasteiger partial charge in [0, 0.05) is 13.0 Å². The normalized spacial score (nSPS) is 13.4. The van der Waals surface area contributed by atoms with Crippen molar-refractivity contribution in [1.29, 1.82) is 0 Å². The van der Waals surface area contributed by atoms with Gasteiger partial charge in [0.1, 0.15) is 6.04 Å². The van der Waals surface area contributed by atoms with Gasteiger partial charge in [0.2, 0.25) is 0 Å². The Bertz CT molecular complexity index is 234. The molecule has 0 spiro atoms. The summed E-state index contributed by atoms with van der Waals surface area (Å²) in [5, 5.41) is 2.85. The van der Waals surface area contributed by atoms with Gasteiger partial charge in [-0.3, -0.25) is 4.79 Å². The maximum atomic E-state index is 11.8. The number of carbonyl (C=O) groups excluding carboxylic acids is 1. The lowest BCUT2D eigenvalue weighted by molar-refractivity contribution is -0.148. The van der Waals surface area contributed by atoms with Gasteiger partial charge in [-0.05, 0) is 19.9 Å².